The van der Waals surface area contributed by atoms with Gasteiger partial charge >= 0.3 is 0 Å². The molecule has 80 valence electrons. The standard InChI is InChI=1S/C11H20N2O/c1-2-11(14)12-10-13-8-6-4-3-5-7-9-13/h2H,1,3-10H2,(H,12,14). The second-order valence-electron chi connectivity index (χ2n) is 3.79. The first-order valence-electron chi connectivity index (χ1n) is 5.45. The number of carbonyl (C=O) groups excluding carboxylic acids is 1. The summed E-state index contributed by atoms with van der Waals surface area (Å²) in [5.41, 5.74) is 0. The van der Waals surface area contributed by atoms with Crippen LogP contribution in [0.4, 0.5) is 0 Å². The highest BCUT2D eigenvalue weighted by Gasteiger charge is 2.07. The summed E-state index contributed by atoms with van der Waals surface area (Å²) in [5.74, 6) is -0.0768. The van der Waals surface area contributed by atoms with Crippen molar-refractivity contribution in [2.45, 2.75) is 32.1 Å². The Bertz CT molecular complexity index is 184. The van der Waals surface area contributed by atoms with Crippen LogP contribution in [-0.4, -0.2) is 30.6 Å². The molecular weight excluding hydrogens is 176 g/mol. The largest absolute Gasteiger partial charge is 0.340 e. The molecular formula is C11H20N2O. The molecule has 1 N–H and O–H groups in total. The van der Waals surface area contributed by atoms with Gasteiger partial charge in [-0.25, -0.2) is 0 Å². The molecule has 3 nitrogen and oxygen atoms in total. The maximum Gasteiger partial charge on any atom is 0.244 e. The van der Waals surface area contributed by atoms with Crippen LogP contribution in [0.15, 0.2) is 12.7 Å². The SMILES string of the molecule is C=CC(=O)NCN1CCCCCCC1. The van der Waals surface area contributed by atoms with Gasteiger partial charge in [-0.1, -0.05) is 25.8 Å². The molecule has 14 heavy (non-hydrogen) atoms. The molecule has 1 aliphatic rings. The van der Waals surface area contributed by atoms with E-state index in [9.17, 15) is 4.79 Å². The van der Waals surface area contributed by atoms with E-state index in [2.05, 4.69) is 16.8 Å². The van der Waals surface area contributed by atoms with Crippen LogP contribution in [-0.2, 0) is 4.79 Å². The van der Waals surface area contributed by atoms with E-state index in [0.29, 0.717) is 6.67 Å². The molecule has 1 rings (SSSR count). The number of rotatable bonds is 3. The molecule has 0 atom stereocenters. The second-order valence-corrected chi connectivity index (χ2v) is 3.79. The topological polar surface area (TPSA) is 32.3 Å². The lowest BCUT2D eigenvalue weighted by Gasteiger charge is -2.24. The van der Waals surface area contributed by atoms with Crippen molar-refractivity contribution in [3.8, 4) is 0 Å². The summed E-state index contributed by atoms with van der Waals surface area (Å²) in [6, 6.07) is 0. The van der Waals surface area contributed by atoms with Crippen LogP contribution in [0.2, 0.25) is 0 Å². The molecule has 0 aromatic carbocycles. The van der Waals surface area contributed by atoms with Crippen molar-refractivity contribution in [3.63, 3.8) is 0 Å². The zero-order valence-electron chi connectivity index (χ0n) is 8.80. The number of likely N-dealkylation sites (tertiary alicyclic amines) is 1. The average molecular weight is 196 g/mol. The van der Waals surface area contributed by atoms with E-state index in [4.69, 9.17) is 0 Å². The highest BCUT2D eigenvalue weighted by molar-refractivity contribution is 5.86. The number of carbonyl (C=O) groups is 1. The van der Waals surface area contributed by atoms with Gasteiger partial charge in [-0.3, -0.25) is 9.69 Å². The molecule has 1 heterocycles. The van der Waals surface area contributed by atoms with Gasteiger partial charge in [-0.15, -0.1) is 0 Å². The third-order valence-electron chi connectivity index (χ3n) is 2.61. The quantitative estimate of drug-likeness (QED) is 0.694. The Morgan fingerprint density at radius 3 is 2.36 bits per heavy atom. The summed E-state index contributed by atoms with van der Waals surface area (Å²) < 4.78 is 0. The highest BCUT2D eigenvalue weighted by atomic mass is 16.1. The van der Waals surface area contributed by atoms with Crippen LogP contribution in [0.3, 0.4) is 0 Å². The second kappa shape index (κ2) is 6.60. The Labute approximate surface area is 86.2 Å². The fraction of sp³-hybridized carbons (Fsp3) is 0.727. The van der Waals surface area contributed by atoms with E-state index in [1.807, 2.05) is 0 Å². The zero-order chi connectivity index (χ0) is 10.2. The molecule has 0 aromatic heterocycles. The van der Waals surface area contributed by atoms with Gasteiger partial charge in [-0.2, -0.15) is 0 Å². The molecule has 0 aromatic rings. The van der Waals surface area contributed by atoms with Crippen molar-refractivity contribution in [3.05, 3.63) is 12.7 Å². The Balaban J connectivity index is 2.19. The van der Waals surface area contributed by atoms with E-state index in [1.54, 1.807) is 0 Å². The maximum atomic E-state index is 11.0. The van der Waals surface area contributed by atoms with Crippen LogP contribution in [0.1, 0.15) is 32.1 Å². The molecule has 3 heteroatoms. The summed E-state index contributed by atoms with van der Waals surface area (Å²) in [6.45, 7) is 6.32. The Kier molecular flexibility index (Phi) is 5.30. The van der Waals surface area contributed by atoms with Crippen molar-refractivity contribution in [2.75, 3.05) is 19.8 Å². The van der Waals surface area contributed by atoms with Gasteiger partial charge < -0.3 is 5.32 Å². The van der Waals surface area contributed by atoms with Gasteiger partial charge in [-0.05, 0) is 32.0 Å². The Morgan fingerprint density at radius 2 is 1.79 bits per heavy atom. The third kappa shape index (κ3) is 4.42. The zero-order valence-corrected chi connectivity index (χ0v) is 8.80. The monoisotopic (exact) mass is 196 g/mol. The summed E-state index contributed by atoms with van der Waals surface area (Å²) in [4.78, 5) is 13.3. The Hall–Kier alpha value is -0.830. The predicted octanol–water partition coefficient (Wildman–Crippen LogP) is 1.51. The fourth-order valence-corrected chi connectivity index (χ4v) is 1.73. The summed E-state index contributed by atoms with van der Waals surface area (Å²) in [5, 5.41) is 2.82. The van der Waals surface area contributed by atoms with E-state index in [1.165, 1.54) is 38.2 Å². The molecule has 0 saturated carbocycles. The van der Waals surface area contributed by atoms with Gasteiger partial charge in [0.2, 0.25) is 5.91 Å². The van der Waals surface area contributed by atoms with Gasteiger partial charge in [0.25, 0.3) is 0 Å². The van der Waals surface area contributed by atoms with Gasteiger partial charge in [0, 0.05) is 0 Å². The van der Waals surface area contributed by atoms with E-state index in [0.717, 1.165) is 13.1 Å². The normalized spacial score (nSPS) is 19.4. The maximum absolute atomic E-state index is 11.0. The minimum Gasteiger partial charge on any atom is -0.340 e. The first-order valence-corrected chi connectivity index (χ1v) is 5.45. The number of nitrogens with zero attached hydrogens (tertiary/aromatic N) is 1. The van der Waals surface area contributed by atoms with Crippen molar-refractivity contribution in [1.29, 1.82) is 0 Å². The number of hydrogen-bond donors (Lipinski definition) is 1. The molecule has 0 aliphatic carbocycles. The fourth-order valence-electron chi connectivity index (χ4n) is 1.73. The van der Waals surface area contributed by atoms with Crippen LogP contribution in [0.5, 0.6) is 0 Å². The third-order valence-corrected chi connectivity index (χ3v) is 2.61. The van der Waals surface area contributed by atoms with Crippen molar-refractivity contribution in [2.24, 2.45) is 0 Å². The van der Waals surface area contributed by atoms with E-state index >= 15 is 0 Å². The smallest absolute Gasteiger partial charge is 0.244 e. The van der Waals surface area contributed by atoms with Crippen LogP contribution in [0, 0.1) is 0 Å². The van der Waals surface area contributed by atoms with E-state index in [-0.39, 0.29) is 5.91 Å². The van der Waals surface area contributed by atoms with E-state index < -0.39 is 0 Å². The number of amides is 1. The lowest BCUT2D eigenvalue weighted by atomic mass is 10.1. The minimum atomic E-state index is -0.0768. The lowest BCUT2D eigenvalue weighted by Crippen LogP contribution is -2.38. The molecule has 1 amide bonds. The number of hydrogen-bond acceptors (Lipinski definition) is 2. The van der Waals surface area contributed by atoms with Crippen LogP contribution >= 0.6 is 0 Å². The van der Waals surface area contributed by atoms with Crippen LogP contribution in [0.25, 0.3) is 0 Å². The first-order chi connectivity index (χ1) is 6.83. The molecule has 0 unspecified atom stereocenters. The summed E-state index contributed by atoms with van der Waals surface area (Å²) in [6.07, 6.45) is 7.85. The predicted molar refractivity (Wildman–Crippen MR) is 57.9 cm³/mol. The molecule has 0 bridgehead atoms. The lowest BCUT2D eigenvalue weighted by molar-refractivity contribution is -0.117. The Morgan fingerprint density at radius 1 is 1.21 bits per heavy atom. The average Bonchev–Trinajstić information content (AvgIpc) is 2.15. The minimum absolute atomic E-state index is 0.0768. The first kappa shape index (κ1) is 11.2. The molecule has 1 fully saturated rings. The van der Waals surface area contributed by atoms with Crippen molar-refractivity contribution in [1.82, 2.24) is 10.2 Å². The van der Waals surface area contributed by atoms with Gasteiger partial charge in [0.05, 0.1) is 6.67 Å². The van der Waals surface area contributed by atoms with Gasteiger partial charge in [0.1, 0.15) is 0 Å². The molecule has 0 spiro atoms. The van der Waals surface area contributed by atoms with Crippen LogP contribution < -0.4 is 5.32 Å². The summed E-state index contributed by atoms with van der Waals surface area (Å²) in [7, 11) is 0. The van der Waals surface area contributed by atoms with Crippen molar-refractivity contribution >= 4 is 5.91 Å². The van der Waals surface area contributed by atoms with Crippen molar-refractivity contribution < 1.29 is 4.79 Å². The molecule has 0 radical (unpaired) electrons. The number of nitrogens with one attached hydrogen (secondary N) is 1. The summed E-state index contributed by atoms with van der Waals surface area (Å²) >= 11 is 0. The molecule has 1 saturated heterocycles. The highest BCUT2D eigenvalue weighted by Crippen LogP contribution is 2.09. The van der Waals surface area contributed by atoms with Gasteiger partial charge in [0.15, 0.2) is 0 Å². The molecule has 1 aliphatic heterocycles.